The minimum atomic E-state index is -0.661. The summed E-state index contributed by atoms with van der Waals surface area (Å²) in [4.78, 5) is 37.4. The van der Waals surface area contributed by atoms with Crippen LogP contribution in [0.1, 0.15) is 18.4 Å². The normalized spacial score (nSPS) is 19.8. The highest BCUT2D eigenvalue weighted by Gasteiger charge is 2.31. The van der Waals surface area contributed by atoms with E-state index in [1.165, 1.54) is 0 Å². The van der Waals surface area contributed by atoms with Gasteiger partial charge in [-0.3, -0.25) is 19.7 Å². The fraction of sp³-hybridized carbons (Fsp3) is 0.474. The Balaban J connectivity index is 1.66. The molecule has 2 aliphatic heterocycles. The number of nitrogens with zero attached hydrogens (tertiary/aromatic N) is 1. The van der Waals surface area contributed by atoms with Crippen molar-refractivity contribution in [3.8, 4) is 5.75 Å². The number of carbonyl (C=O) groups excluding carboxylic acids is 3. The van der Waals surface area contributed by atoms with Crippen LogP contribution in [0.2, 0.25) is 0 Å². The Hall–Kier alpha value is -2.94. The second-order valence-corrected chi connectivity index (χ2v) is 6.79. The molecule has 3 amide bonds. The number of carbonyl (C=O) groups is 3. The summed E-state index contributed by atoms with van der Waals surface area (Å²) in [6.07, 6.45) is 0.549. The molecule has 3 rings (SSSR count). The van der Waals surface area contributed by atoms with E-state index in [0.717, 1.165) is 13.1 Å². The number of piperidine rings is 1. The third-order valence-electron chi connectivity index (χ3n) is 4.97. The zero-order valence-corrected chi connectivity index (χ0v) is 15.8. The molecule has 1 unspecified atom stereocenters. The van der Waals surface area contributed by atoms with E-state index in [0.29, 0.717) is 36.5 Å². The number of piperazine rings is 1. The zero-order chi connectivity index (χ0) is 20.1. The number of amides is 3. The molecule has 1 aromatic rings. The number of anilines is 1. The predicted molar refractivity (Wildman–Crippen MR) is 104 cm³/mol. The van der Waals surface area contributed by atoms with Crippen molar-refractivity contribution in [1.29, 1.82) is 5.41 Å². The molecule has 2 saturated heterocycles. The molecule has 1 atom stereocenters. The molecule has 0 aliphatic carbocycles. The van der Waals surface area contributed by atoms with E-state index in [1.54, 1.807) is 30.1 Å². The van der Waals surface area contributed by atoms with Gasteiger partial charge in [0.15, 0.2) is 6.61 Å². The van der Waals surface area contributed by atoms with Crippen LogP contribution in [0, 0.1) is 11.3 Å². The van der Waals surface area contributed by atoms with E-state index >= 15 is 0 Å². The average molecular weight is 387 g/mol. The highest BCUT2D eigenvalue weighted by atomic mass is 16.5. The number of hydrogen-bond acceptors (Lipinski definition) is 7. The van der Waals surface area contributed by atoms with Crippen LogP contribution in [0.4, 0.5) is 5.69 Å². The minimum Gasteiger partial charge on any atom is -0.484 e. The lowest BCUT2D eigenvalue weighted by Crippen LogP contribution is -2.47. The summed E-state index contributed by atoms with van der Waals surface area (Å²) in [7, 11) is 1.71. The predicted octanol–water partition coefficient (Wildman–Crippen LogP) is -0.0404. The summed E-state index contributed by atoms with van der Waals surface area (Å²) in [5, 5.41) is 16.9. The third-order valence-corrected chi connectivity index (χ3v) is 4.97. The largest absolute Gasteiger partial charge is 0.484 e. The number of benzene rings is 1. The molecule has 9 nitrogen and oxygen atoms in total. The highest BCUT2D eigenvalue weighted by Crippen LogP contribution is 2.27. The fourth-order valence-electron chi connectivity index (χ4n) is 3.36. The summed E-state index contributed by atoms with van der Waals surface area (Å²) in [6, 6.07) is 5.09. The Bertz CT molecular complexity index is 789. The van der Waals surface area contributed by atoms with Crippen molar-refractivity contribution in [2.45, 2.75) is 12.8 Å². The Morgan fingerprint density at radius 3 is 2.75 bits per heavy atom. The first-order chi connectivity index (χ1) is 13.5. The molecule has 2 aliphatic rings. The first kappa shape index (κ1) is 19.8. The van der Waals surface area contributed by atoms with E-state index < -0.39 is 11.8 Å². The van der Waals surface area contributed by atoms with Crippen LogP contribution in [0.15, 0.2) is 18.2 Å². The lowest BCUT2D eigenvalue weighted by molar-refractivity contribution is -0.135. The van der Waals surface area contributed by atoms with Crippen LogP contribution < -0.4 is 20.7 Å². The Morgan fingerprint density at radius 1 is 1.32 bits per heavy atom. The van der Waals surface area contributed by atoms with Crippen molar-refractivity contribution >= 4 is 29.1 Å². The molecule has 0 aromatic heterocycles. The topological polar surface area (TPSA) is 124 Å². The van der Waals surface area contributed by atoms with Crippen LogP contribution in [0.3, 0.4) is 0 Å². The van der Waals surface area contributed by atoms with Gasteiger partial charge in [-0.05, 0) is 18.6 Å². The van der Waals surface area contributed by atoms with Gasteiger partial charge in [-0.2, -0.15) is 0 Å². The van der Waals surface area contributed by atoms with Gasteiger partial charge in [-0.15, -0.1) is 0 Å². The van der Waals surface area contributed by atoms with Gasteiger partial charge < -0.3 is 25.7 Å². The van der Waals surface area contributed by atoms with Gasteiger partial charge in [0.2, 0.25) is 11.8 Å². The van der Waals surface area contributed by atoms with E-state index in [9.17, 15) is 14.4 Å². The first-order valence-corrected chi connectivity index (χ1v) is 9.35. The van der Waals surface area contributed by atoms with E-state index in [-0.39, 0.29) is 30.6 Å². The molecule has 9 heteroatoms. The van der Waals surface area contributed by atoms with Gasteiger partial charge in [0.1, 0.15) is 5.75 Å². The summed E-state index contributed by atoms with van der Waals surface area (Å²) >= 11 is 0. The average Bonchev–Trinajstić information content (AvgIpc) is 2.72. The van der Waals surface area contributed by atoms with Crippen molar-refractivity contribution < 1.29 is 19.1 Å². The summed E-state index contributed by atoms with van der Waals surface area (Å²) in [5.41, 5.74) is 1.34. The standard InChI is InChI=1S/C19H25N5O4/c1-21-15-10-12(28-11-17(26)24-8-6-22-7-9-24)2-3-13(15)18(20)14-4-5-16(25)23-19(14)27/h2-3,10,14,20-22H,4-9,11H2,1H3,(H,23,25,27). The van der Waals surface area contributed by atoms with Gasteiger partial charge >= 0.3 is 0 Å². The minimum absolute atomic E-state index is 0.0485. The van der Waals surface area contributed by atoms with Crippen molar-refractivity contribution in [3.05, 3.63) is 23.8 Å². The molecule has 150 valence electrons. The van der Waals surface area contributed by atoms with E-state index in [1.807, 2.05) is 0 Å². The summed E-state index contributed by atoms with van der Waals surface area (Å²) < 4.78 is 5.63. The smallest absolute Gasteiger partial charge is 0.260 e. The molecule has 4 N–H and O–H groups in total. The SMILES string of the molecule is CNc1cc(OCC(=O)N2CCNCC2)ccc1C(=N)C1CCC(=O)NC1=O. The Morgan fingerprint density at radius 2 is 2.07 bits per heavy atom. The Kier molecular flexibility index (Phi) is 6.25. The van der Waals surface area contributed by atoms with Crippen LogP contribution in [-0.2, 0) is 14.4 Å². The molecule has 0 bridgehead atoms. The second-order valence-electron chi connectivity index (χ2n) is 6.79. The van der Waals surface area contributed by atoms with Crippen LogP contribution >= 0.6 is 0 Å². The van der Waals surface area contributed by atoms with Crippen molar-refractivity contribution in [2.24, 2.45) is 5.92 Å². The molecule has 2 heterocycles. The molecular weight excluding hydrogens is 362 g/mol. The number of nitrogens with one attached hydrogen (secondary N) is 4. The monoisotopic (exact) mass is 387 g/mol. The van der Waals surface area contributed by atoms with E-state index in [2.05, 4.69) is 16.0 Å². The molecular formula is C19H25N5O4. The lowest BCUT2D eigenvalue weighted by atomic mass is 9.88. The maximum atomic E-state index is 12.2. The number of imide groups is 1. The molecule has 0 radical (unpaired) electrons. The number of hydrogen-bond donors (Lipinski definition) is 4. The second kappa shape index (κ2) is 8.83. The fourth-order valence-corrected chi connectivity index (χ4v) is 3.36. The van der Waals surface area contributed by atoms with Gasteiger partial charge in [0, 0.05) is 57.0 Å². The maximum Gasteiger partial charge on any atom is 0.260 e. The molecule has 2 fully saturated rings. The van der Waals surface area contributed by atoms with Crippen LogP contribution in [0.5, 0.6) is 5.75 Å². The van der Waals surface area contributed by atoms with Crippen molar-refractivity contribution in [1.82, 2.24) is 15.5 Å². The van der Waals surface area contributed by atoms with Gasteiger partial charge in [0.05, 0.1) is 11.6 Å². The molecule has 0 spiro atoms. The van der Waals surface area contributed by atoms with Crippen LogP contribution in [0.25, 0.3) is 0 Å². The quantitative estimate of drug-likeness (QED) is 0.401. The van der Waals surface area contributed by atoms with Crippen molar-refractivity contribution in [3.63, 3.8) is 0 Å². The first-order valence-electron chi connectivity index (χ1n) is 9.35. The van der Waals surface area contributed by atoms with Gasteiger partial charge in [-0.25, -0.2) is 0 Å². The van der Waals surface area contributed by atoms with E-state index in [4.69, 9.17) is 10.1 Å². The molecule has 1 aromatic carbocycles. The number of ether oxygens (including phenoxy) is 1. The number of rotatable bonds is 6. The zero-order valence-electron chi connectivity index (χ0n) is 15.8. The summed E-state index contributed by atoms with van der Waals surface area (Å²) in [5.74, 6) is -0.961. The third kappa shape index (κ3) is 4.48. The lowest BCUT2D eigenvalue weighted by Gasteiger charge is -2.27. The highest BCUT2D eigenvalue weighted by molar-refractivity contribution is 6.17. The molecule has 28 heavy (non-hydrogen) atoms. The van der Waals surface area contributed by atoms with Crippen molar-refractivity contribution in [2.75, 3.05) is 45.2 Å². The van der Waals surface area contributed by atoms with Gasteiger partial charge in [-0.1, -0.05) is 0 Å². The van der Waals surface area contributed by atoms with Crippen LogP contribution in [-0.4, -0.2) is 68.2 Å². The van der Waals surface area contributed by atoms with Gasteiger partial charge in [0.25, 0.3) is 5.91 Å². The summed E-state index contributed by atoms with van der Waals surface area (Å²) in [6.45, 7) is 2.87. The molecule has 0 saturated carbocycles. The maximum absolute atomic E-state index is 12.2. The Labute approximate surface area is 163 Å².